The maximum absolute atomic E-state index is 4.82. The first-order valence-corrected chi connectivity index (χ1v) is 6.80. The van der Waals surface area contributed by atoms with Gasteiger partial charge in [-0.15, -0.1) is 0 Å². The van der Waals surface area contributed by atoms with Gasteiger partial charge in [0.2, 0.25) is 0 Å². The predicted molar refractivity (Wildman–Crippen MR) is 76.9 cm³/mol. The van der Waals surface area contributed by atoms with Crippen molar-refractivity contribution in [2.24, 2.45) is 11.3 Å². The van der Waals surface area contributed by atoms with E-state index in [2.05, 4.69) is 63.5 Å². The summed E-state index contributed by atoms with van der Waals surface area (Å²) in [7, 11) is 0. The molecule has 0 amide bonds. The zero-order chi connectivity index (χ0) is 13.3. The molecule has 0 bridgehead atoms. The fourth-order valence-electron chi connectivity index (χ4n) is 2.31. The van der Waals surface area contributed by atoms with Crippen LogP contribution in [0.2, 0.25) is 0 Å². The molecule has 2 heterocycles. The maximum Gasteiger partial charge on any atom is 0.140 e. The molecule has 0 radical (unpaired) electrons. The highest BCUT2D eigenvalue weighted by atomic mass is 15.0. The first-order valence-electron chi connectivity index (χ1n) is 6.80. The molecular weight excluding hydrogens is 220 g/mol. The van der Waals surface area contributed by atoms with E-state index in [0.717, 1.165) is 18.5 Å². The van der Waals surface area contributed by atoms with Crippen molar-refractivity contribution in [1.29, 1.82) is 0 Å². The van der Waals surface area contributed by atoms with Crippen LogP contribution in [0.5, 0.6) is 0 Å². The lowest BCUT2D eigenvalue weighted by atomic mass is 9.89. The monoisotopic (exact) mass is 244 g/mol. The van der Waals surface area contributed by atoms with Crippen LogP contribution in [0, 0.1) is 11.3 Å². The average molecular weight is 244 g/mol. The Balaban J connectivity index is 2.37. The average Bonchev–Trinajstić information content (AvgIpc) is 2.58. The van der Waals surface area contributed by atoms with Crippen LogP contribution in [0.15, 0.2) is 24.5 Å². The van der Waals surface area contributed by atoms with Crippen LogP contribution in [0.3, 0.4) is 0 Å². The highest BCUT2D eigenvalue weighted by Gasteiger charge is 2.15. The van der Waals surface area contributed by atoms with E-state index in [9.17, 15) is 0 Å². The molecule has 2 rings (SSSR count). The molecule has 2 heteroatoms. The van der Waals surface area contributed by atoms with Gasteiger partial charge in [0.1, 0.15) is 5.65 Å². The normalized spacial score (nSPS) is 12.6. The van der Waals surface area contributed by atoms with Crippen molar-refractivity contribution in [1.82, 2.24) is 9.38 Å². The van der Waals surface area contributed by atoms with Gasteiger partial charge in [0, 0.05) is 18.1 Å². The molecule has 98 valence electrons. The third-order valence-corrected chi connectivity index (χ3v) is 2.98. The molecule has 0 N–H and O–H groups in total. The minimum Gasteiger partial charge on any atom is -0.308 e. The van der Waals surface area contributed by atoms with Crippen LogP contribution in [0.25, 0.3) is 5.65 Å². The maximum atomic E-state index is 4.82. The molecule has 0 aromatic carbocycles. The number of rotatable bonds is 3. The van der Waals surface area contributed by atoms with Crippen molar-refractivity contribution in [2.45, 2.75) is 47.5 Å². The Morgan fingerprint density at radius 2 is 1.83 bits per heavy atom. The van der Waals surface area contributed by atoms with Crippen LogP contribution < -0.4 is 0 Å². The van der Waals surface area contributed by atoms with Crippen LogP contribution in [0.1, 0.15) is 45.9 Å². The molecule has 0 saturated carbocycles. The lowest BCUT2D eigenvalue weighted by molar-refractivity contribution is 0.412. The predicted octanol–water partition coefficient (Wildman–Crippen LogP) is 4.12. The van der Waals surface area contributed by atoms with Crippen LogP contribution in [-0.2, 0) is 12.8 Å². The minimum atomic E-state index is 0.303. The van der Waals surface area contributed by atoms with Crippen molar-refractivity contribution in [3.8, 4) is 0 Å². The van der Waals surface area contributed by atoms with Crippen molar-refractivity contribution < 1.29 is 0 Å². The van der Waals surface area contributed by atoms with Gasteiger partial charge in [0.25, 0.3) is 0 Å². The highest BCUT2D eigenvalue weighted by Crippen LogP contribution is 2.23. The van der Waals surface area contributed by atoms with Gasteiger partial charge in [-0.1, -0.05) is 34.6 Å². The van der Waals surface area contributed by atoms with Crippen LogP contribution >= 0.6 is 0 Å². The largest absolute Gasteiger partial charge is 0.308 e. The molecule has 2 aromatic rings. The molecule has 18 heavy (non-hydrogen) atoms. The Bertz CT molecular complexity index is 530. The molecule has 0 aliphatic heterocycles. The third kappa shape index (κ3) is 3.12. The summed E-state index contributed by atoms with van der Waals surface area (Å²) in [4.78, 5) is 4.82. The second-order valence-corrected chi connectivity index (χ2v) is 6.83. The topological polar surface area (TPSA) is 17.3 Å². The Kier molecular flexibility index (Phi) is 3.47. The van der Waals surface area contributed by atoms with E-state index in [1.165, 1.54) is 11.3 Å². The van der Waals surface area contributed by atoms with Gasteiger partial charge in [-0.25, -0.2) is 4.98 Å². The SMILES string of the molecule is CC(C)Cc1ccn2ccc(CC(C)(C)C)c2n1. The number of hydrogen-bond acceptors (Lipinski definition) is 1. The summed E-state index contributed by atoms with van der Waals surface area (Å²) in [5.74, 6) is 0.654. The molecule has 0 atom stereocenters. The van der Waals surface area contributed by atoms with Gasteiger partial charge in [0.05, 0.1) is 0 Å². The Labute approximate surface area is 110 Å². The molecular formula is C16H24N2. The van der Waals surface area contributed by atoms with E-state index >= 15 is 0 Å². The summed E-state index contributed by atoms with van der Waals surface area (Å²) in [6.07, 6.45) is 6.37. The van der Waals surface area contributed by atoms with Gasteiger partial charge in [-0.3, -0.25) is 0 Å². The van der Waals surface area contributed by atoms with Gasteiger partial charge in [-0.2, -0.15) is 0 Å². The summed E-state index contributed by atoms with van der Waals surface area (Å²) >= 11 is 0. The molecule has 0 fully saturated rings. The second-order valence-electron chi connectivity index (χ2n) is 6.83. The number of fused-ring (bicyclic) bond motifs is 1. The van der Waals surface area contributed by atoms with Crippen molar-refractivity contribution in [3.05, 3.63) is 35.8 Å². The van der Waals surface area contributed by atoms with Gasteiger partial charge in [0.15, 0.2) is 0 Å². The quantitative estimate of drug-likeness (QED) is 0.794. The zero-order valence-electron chi connectivity index (χ0n) is 12.2. The molecule has 2 nitrogen and oxygen atoms in total. The summed E-state index contributed by atoms with van der Waals surface area (Å²) in [5, 5.41) is 0. The minimum absolute atomic E-state index is 0.303. The first-order chi connectivity index (χ1) is 8.35. The van der Waals surface area contributed by atoms with Gasteiger partial charge >= 0.3 is 0 Å². The van der Waals surface area contributed by atoms with Gasteiger partial charge in [-0.05, 0) is 41.9 Å². The van der Waals surface area contributed by atoms with Crippen LogP contribution in [0.4, 0.5) is 0 Å². The molecule has 0 aliphatic rings. The first kappa shape index (κ1) is 13.1. The lowest BCUT2D eigenvalue weighted by Crippen LogP contribution is -2.09. The standard InChI is InChI=1S/C16H24N2/c1-12(2)10-14-7-9-18-8-6-13(15(18)17-14)11-16(3,4)5/h6-9,12H,10-11H2,1-5H3. The van der Waals surface area contributed by atoms with Crippen LogP contribution in [-0.4, -0.2) is 9.38 Å². The second kappa shape index (κ2) is 4.75. The number of aromatic nitrogens is 2. The Morgan fingerprint density at radius 1 is 1.17 bits per heavy atom. The molecule has 0 aliphatic carbocycles. The lowest BCUT2D eigenvalue weighted by Gasteiger charge is -2.17. The van der Waals surface area contributed by atoms with Crippen molar-refractivity contribution in [3.63, 3.8) is 0 Å². The number of hydrogen-bond donors (Lipinski definition) is 0. The molecule has 0 unspecified atom stereocenters. The molecule has 2 aromatic heterocycles. The molecule has 0 saturated heterocycles. The summed E-state index contributed by atoms with van der Waals surface area (Å²) in [6, 6.07) is 4.33. The highest BCUT2D eigenvalue weighted by molar-refractivity contribution is 5.49. The fraction of sp³-hybridized carbons (Fsp3) is 0.562. The zero-order valence-corrected chi connectivity index (χ0v) is 12.2. The summed E-state index contributed by atoms with van der Waals surface area (Å²) in [6.45, 7) is 11.3. The Morgan fingerprint density at radius 3 is 2.44 bits per heavy atom. The fourth-order valence-corrected chi connectivity index (χ4v) is 2.31. The smallest absolute Gasteiger partial charge is 0.140 e. The molecule has 0 spiro atoms. The van der Waals surface area contributed by atoms with Crippen molar-refractivity contribution >= 4 is 5.65 Å². The van der Waals surface area contributed by atoms with E-state index in [4.69, 9.17) is 4.98 Å². The van der Waals surface area contributed by atoms with E-state index in [1.54, 1.807) is 0 Å². The van der Waals surface area contributed by atoms with Gasteiger partial charge < -0.3 is 4.40 Å². The van der Waals surface area contributed by atoms with E-state index < -0.39 is 0 Å². The number of nitrogens with zero attached hydrogens (tertiary/aromatic N) is 2. The van der Waals surface area contributed by atoms with E-state index in [-0.39, 0.29) is 0 Å². The van der Waals surface area contributed by atoms with E-state index in [1.807, 2.05) is 0 Å². The van der Waals surface area contributed by atoms with Crippen molar-refractivity contribution in [2.75, 3.05) is 0 Å². The van der Waals surface area contributed by atoms with E-state index in [0.29, 0.717) is 11.3 Å². The summed E-state index contributed by atoms with van der Waals surface area (Å²) < 4.78 is 2.13. The Hall–Kier alpha value is -1.31. The summed E-state index contributed by atoms with van der Waals surface area (Å²) in [5.41, 5.74) is 3.99. The third-order valence-electron chi connectivity index (χ3n) is 2.98.